The van der Waals surface area contributed by atoms with Crippen molar-refractivity contribution in [1.29, 1.82) is 0 Å². The number of hydrogen-bond donors (Lipinski definition) is 1. The second-order valence-electron chi connectivity index (χ2n) is 5.60. The summed E-state index contributed by atoms with van der Waals surface area (Å²) in [5, 5.41) is 4.85. The van der Waals surface area contributed by atoms with E-state index in [2.05, 4.69) is 44.3 Å². The lowest BCUT2D eigenvalue weighted by atomic mass is 10.1. The third kappa shape index (κ3) is 2.76. The van der Waals surface area contributed by atoms with Crippen LogP contribution in [-0.4, -0.2) is 0 Å². The van der Waals surface area contributed by atoms with E-state index in [0.717, 1.165) is 17.9 Å². The average Bonchev–Trinajstić information content (AvgIpc) is 2.95. The van der Waals surface area contributed by atoms with Crippen LogP contribution >= 0.6 is 11.3 Å². The number of para-hydroxylation sites is 1. The predicted molar refractivity (Wildman–Crippen MR) is 90.0 cm³/mol. The maximum atomic E-state index is 5.83. The molecule has 1 N–H and O–H groups in total. The molecular weight excluding hydrogens is 278 g/mol. The molecule has 0 amide bonds. The normalized spacial score (nSPS) is 13.0. The maximum absolute atomic E-state index is 5.83. The number of benzene rings is 1. The fourth-order valence-corrected chi connectivity index (χ4v) is 3.91. The molecule has 1 aromatic carbocycles. The summed E-state index contributed by atoms with van der Waals surface area (Å²) in [5.41, 5.74) is 3.65. The molecule has 2 nitrogen and oxygen atoms in total. The van der Waals surface area contributed by atoms with Gasteiger partial charge in [-0.1, -0.05) is 18.2 Å². The van der Waals surface area contributed by atoms with Crippen LogP contribution in [0.15, 0.2) is 34.7 Å². The van der Waals surface area contributed by atoms with Crippen molar-refractivity contribution >= 4 is 22.3 Å². The van der Waals surface area contributed by atoms with Crippen LogP contribution in [0.2, 0.25) is 0 Å². The van der Waals surface area contributed by atoms with Crippen LogP contribution in [0.4, 0.5) is 0 Å². The van der Waals surface area contributed by atoms with E-state index in [9.17, 15) is 0 Å². The van der Waals surface area contributed by atoms with E-state index in [0.29, 0.717) is 6.04 Å². The Morgan fingerprint density at radius 2 is 1.95 bits per heavy atom. The van der Waals surface area contributed by atoms with Gasteiger partial charge in [0.25, 0.3) is 0 Å². The number of furan rings is 1. The van der Waals surface area contributed by atoms with Crippen molar-refractivity contribution in [2.75, 3.05) is 0 Å². The summed E-state index contributed by atoms with van der Waals surface area (Å²) >= 11 is 1.87. The molecule has 3 heteroatoms. The zero-order valence-corrected chi connectivity index (χ0v) is 13.8. The number of fused-ring (bicyclic) bond motifs is 1. The zero-order chi connectivity index (χ0) is 15.0. The van der Waals surface area contributed by atoms with Crippen LogP contribution in [0.3, 0.4) is 0 Å². The van der Waals surface area contributed by atoms with Gasteiger partial charge in [0.1, 0.15) is 11.3 Å². The molecule has 0 aliphatic heterocycles. The van der Waals surface area contributed by atoms with Crippen molar-refractivity contribution in [2.24, 2.45) is 0 Å². The summed E-state index contributed by atoms with van der Waals surface area (Å²) in [6.07, 6.45) is 0. The number of aryl methyl sites for hydroxylation is 3. The Hall–Kier alpha value is -1.58. The molecule has 0 saturated carbocycles. The number of nitrogens with one attached hydrogen (secondary N) is 1. The maximum Gasteiger partial charge on any atom is 0.134 e. The summed E-state index contributed by atoms with van der Waals surface area (Å²) in [6, 6.07) is 10.9. The van der Waals surface area contributed by atoms with Crippen molar-refractivity contribution in [3.05, 3.63) is 57.0 Å². The second kappa shape index (κ2) is 5.66. The molecule has 21 heavy (non-hydrogen) atoms. The highest BCUT2D eigenvalue weighted by Crippen LogP contribution is 2.28. The SMILES string of the molecule is Cc1cc(C(C)NCc2c(C)oc3ccccc23)c(C)s1. The quantitative estimate of drug-likeness (QED) is 0.710. The highest BCUT2D eigenvalue weighted by molar-refractivity contribution is 7.12. The number of rotatable bonds is 4. The smallest absolute Gasteiger partial charge is 0.134 e. The molecule has 1 atom stereocenters. The van der Waals surface area contributed by atoms with Gasteiger partial charge in [-0.2, -0.15) is 0 Å². The molecule has 2 heterocycles. The topological polar surface area (TPSA) is 25.2 Å². The molecule has 0 saturated heterocycles. The van der Waals surface area contributed by atoms with E-state index in [-0.39, 0.29) is 0 Å². The minimum absolute atomic E-state index is 0.350. The molecule has 3 rings (SSSR count). The van der Waals surface area contributed by atoms with Crippen LogP contribution in [0.5, 0.6) is 0 Å². The largest absolute Gasteiger partial charge is 0.461 e. The summed E-state index contributed by atoms with van der Waals surface area (Å²) in [6.45, 7) is 9.47. The lowest BCUT2D eigenvalue weighted by Crippen LogP contribution is -2.18. The van der Waals surface area contributed by atoms with Gasteiger partial charge in [-0.05, 0) is 45.4 Å². The van der Waals surface area contributed by atoms with E-state index in [1.165, 1.54) is 26.3 Å². The molecule has 2 aromatic heterocycles. The minimum atomic E-state index is 0.350. The Bertz CT molecular complexity index is 769. The Morgan fingerprint density at radius 3 is 2.67 bits per heavy atom. The van der Waals surface area contributed by atoms with Gasteiger partial charge < -0.3 is 9.73 Å². The fourth-order valence-electron chi connectivity index (χ4n) is 2.89. The molecule has 1 unspecified atom stereocenters. The third-order valence-electron chi connectivity index (χ3n) is 4.03. The molecule has 0 bridgehead atoms. The molecule has 0 spiro atoms. The van der Waals surface area contributed by atoms with Crippen LogP contribution < -0.4 is 5.32 Å². The zero-order valence-electron chi connectivity index (χ0n) is 13.0. The first-order valence-corrected chi connectivity index (χ1v) is 8.15. The Labute approximate surface area is 129 Å². The van der Waals surface area contributed by atoms with Crippen LogP contribution in [-0.2, 0) is 6.54 Å². The first-order valence-electron chi connectivity index (χ1n) is 7.33. The van der Waals surface area contributed by atoms with Gasteiger partial charge in [0.15, 0.2) is 0 Å². The second-order valence-corrected chi connectivity index (χ2v) is 7.06. The number of thiophene rings is 1. The van der Waals surface area contributed by atoms with Crippen molar-refractivity contribution in [2.45, 2.75) is 40.3 Å². The van der Waals surface area contributed by atoms with Gasteiger partial charge in [-0.25, -0.2) is 0 Å². The van der Waals surface area contributed by atoms with E-state index in [4.69, 9.17) is 4.42 Å². The van der Waals surface area contributed by atoms with E-state index in [1.54, 1.807) is 0 Å². The van der Waals surface area contributed by atoms with Gasteiger partial charge in [0.05, 0.1) is 0 Å². The molecule has 3 aromatic rings. The Balaban J connectivity index is 1.80. The first kappa shape index (κ1) is 14.4. The van der Waals surface area contributed by atoms with E-state index in [1.807, 2.05) is 30.4 Å². The van der Waals surface area contributed by atoms with Gasteiger partial charge in [0.2, 0.25) is 0 Å². The van der Waals surface area contributed by atoms with Gasteiger partial charge >= 0.3 is 0 Å². The molecule has 0 aliphatic rings. The van der Waals surface area contributed by atoms with Crippen molar-refractivity contribution in [1.82, 2.24) is 5.32 Å². The summed E-state index contributed by atoms with van der Waals surface area (Å²) in [5.74, 6) is 1.01. The highest BCUT2D eigenvalue weighted by Gasteiger charge is 2.14. The highest BCUT2D eigenvalue weighted by atomic mass is 32.1. The molecule has 0 fully saturated rings. The summed E-state index contributed by atoms with van der Waals surface area (Å²) in [7, 11) is 0. The van der Waals surface area contributed by atoms with Gasteiger partial charge in [-0.3, -0.25) is 0 Å². The number of hydrogen-bond acceptors (Lipinski definition) is 3. The van der Waals surface area contributed by atoms with Crippen LogP contribution in [0.25, 0.3) is 11.0 Å². The van der Waals surface area contributed by atoms with E-state index < -0.39 is 0 Å². The molecule has 110 valence electrons. The Kier molecular flexibility index (Phi) is 3.87. The van der Waals surface area contributed by atoms with Gasteiger partial charge in [-0.15, -0.1) is 11.3 Å². The van der Waals surface area contributed by atoms with Crippen molar-refractivity contribution < 1.29 is 4.42 Å². The van der Waals surface area contributed by atoms with Gasteiger partial charge in [0, 0.05) is 33.3 Å². The monoisotopic (exact) mass is 299 g/mol. The average molecular weight is 299 g/mol. The predicted octanol–water partition coefficient (Wildman–Crippen LogP) is 5.27. The Morgan fingerprint density at radius 1 is 1.19 bits per heavy atom. The van der Waals surface area contributed by atoms with Crippen LogP contribution in [0, 0.1) is 20.8 Å². The lowest BCUT2D eigenvalue weighted by Gasteiger charge is -2.13. The lowest BCUT2D eigenvalue weighted by molar-refractivity contribution is 0.544. The molecule has 0 radical (unpaired) electrons. The molecule has 0 aliphatic carbocycles. The summed E-state index contributed by atoms with van der Waals surface area (Å²) < 4.78 is 5.83. The fraction of sp³-hybridized carbons (Fsp3) is 0.333. The van der Waals surface area contributed by atoms with E-state index >= 15 is 0 Å². The van der Waals surface area contributed by atoms with Crippen molar-refractivity contribution in [3.8, 4) is 0 Å². The minimum Gasteiger partial charge on any atom is -0.461 e. The molecular formula is C18H21NOS. The standard InChI is InChI=1S/C18H21NOS/c1-11-9-16(14(4)21-11)12(2)19-10-17-13(3)20-18-8-6-5-7-15(17)18/h5-9,12,19H,10H2,1-4H3. The van der Waals surface area contributed by atoms with Crippen LogP contribution in [0.1, 0.15) is 39.6 Å². The third-order valence-corrected chi connectivity index (χ3v) is 5.01. The first-order chi connectivity index (χ1) is 10.1. The summed E-state index contributed by atoms with van der Waals surface area (Å²) in [4.78, 5) is 2.78. The van der Waals surface area contributed by atoms with Crippen molar-refractivity contribution in [3.63, 3.8) is 0 Å².